The summed E-state index contributed by atoms with van der Waals surface area (Å²) in [4.78, 5) is 13.1. The van der Waals surface area contributed by atoms with Crippen molar-refractivity contribution < 1.29 is 9.53 Å². The summed E-state index contributed by atoms with van der Waals surface area (Å²) in [5.74, 6) is 0.179. The summed E-state index contributed by atoms with van der Waals surface area (Å²) >= 11 is 0. The highest BCUT2D eigenvalue weighted by Gasteiger charge is 2.06. The highest BCUT2D eigenvalue weighted by molar-refractivity contribution is 5.75. The molecule has 0 aromatic heterocycles. The molecule has 0 unspecified atom stereocenters. The van der Waals surface area contributed by atoms with Gasteiger partial charge in [0.15, 0.2) is 0 Å². The molecule has 3 nitrogen and oxygen atoms in total. The Bertz CT molecular complexity index is 137. The van der Waals surface area contributed by atoms with Crippen LogP contribution in [0.5, 0.6) is 0 Å². The Morgan fingerprint density at radius 3 is 2.46 bits per heavy atom. The minimum Gasteiger partial charge on any atom is -0.381 e. The molecule has 1 amide bonds. The lowest BCUT2D eigenvalue weighted by Gasteiger charge is -2.15. The van der Waals surface area contributed by atoms with Crippen LogP contribution in [0.3, 0.4) is 0 Å². The lowest BCUT2D eigenvalue weighted by Crippen LogP contribution is -2.28. The molecule has 0 atom stereocenters. The molecule has 0 saturated heterocycles. The van der Waals surface area contributed by atoms with E-state index in [2.05, 4.69) is 13.8 Å². The van der Waals surface area contributed by atoms with E-state index in [0.29, 0.717) is 13.0 Å². The van der Waals surface area contributed by atoms with Crippen LogP contribution < -0.4 is 0 Å². The topological polar surface area (TPSA) is 29.5 Å². The van der Waals surface area contributed by atoms with Crippen molar-refractivity contribution in [2.75, 3.05) is 26.8 Å². The van der Waals surface area contributed by atoms with Crippen LogP contribution >= 0.6 is 0 Å². The van der Waals surface area contributed by atoms with Crippen molar-refractivity contribution in [3.05, 3.63) is 0 Å². The fourth-order valence-electron chi connectivity index (χ4n) is 1.06. The third-order valence-electron chi connectivity index (χ3n) is 1.79. The van der Waals surface area contributed by atoms with E-state index in [1.165, 1.54) is 0 Å². The fourth-order valence-corrected chi connectivity index (χ4v) is 1.06. The van der Waals surface area contributed by atoms with Crippen LogP contribution in [0.25, 0.3) is 0 Å². The summed E-state index contributed by atoms with van der Waals surface area (Å²) in [5.41, 5.74) is 0. The van der Waals surface area contributed by atoms with Crippen LogP contribution in [0.2, 0.25) is 0 Å². The van der Waals surface area contributed by atoms with Gasteiger partial charge in [0.1, 0.15) is 0 Å². The predicted molar refractivity (Wildman–Crippen MR) is 53.7 cm³/mol. The molecular formula is C10H21NO2. The van der Waals surface area contributed by atoms with Gasteiger partial charge in [0.05, 0.1) is 13.0 Å². The third kappa shape index (κ3) is 6.58. The predicted octanol–water partition coefficient (Wildman–Crippen LogP) is 1.67. The monoisotopic (exact) mass is 187 g/mol. The molecule has 0 aliphatic carbocycles. The van der Waals surface area contributed by atoms with Crippen molar-refractivity contribution in [3.63, 3.8) is 0 Å². The maximum atomic E-state index is 11.3. The normalized spacial score (nSPS) is 10.1. The number of carbonyl (C=O) groups excluding carboxylic acids is 1. The van der Waals surface area contributed by atoms with E-state index >= 15 is 0 Å². The van der Waals surface area contributed by atoms with E-state index in [1.807, 2.05) is 7.05 Å². The number of amides is 1. The van der Waals surface area contributed by atoms with Crippen LogP contribution in [0.4, 0.5) is 0 Å². The number of hydrogen-bond acceptors (Lipinski definition) is 2. The molecule has 3 heteroatoms. The first-order valence-electron chi connectivity index (χ1n) is 5.04. The van der Waals surface area contributed by atoms with Gasteiger partial charge in [0.25, 0.3) is 0 Å². The van der Waals surface area contributed by atoms with Crippen LogP contribution in [-0.4, -0.2) is 37.6 Å². The average Bonchev–Trinajstić information content (AvgIpc) is 2.12. The summed E-state index contributed by atoms with van der Waals surface area (Å²) in [5, 5.41) is 0. The largest absolute Gasteiger partial charge is 0.381 e. The zero-order valence-electron chi connectivity index (χ0n) is 9.01. The first-order chi connectivity index (χ1) is 6.22. The van der Waals surface area contributed by atoms with Gasteiger partial charge in [0.2, 0.25) is 5.91 Å². The van der Waals surface area contributed by atoms with Crippen molar-refractivity contribution in [3.8, 4) is 0 Å². The molecule has 0 N–H and O–H groups in total. The van der Waals surface area contributed by atoms with Crippen molar-refractivity contribution >= 4 is 5.91 Å². The van der Waals surface area contributed by atoms with E-state index in [4.69, 9.17) is 4.74 Å². The lowest BCUT2D eigenvalue weighted by molar-refractivity contribution is -0.131. The number of hydrogen-bond donors (Lipinski definition) is 0. The van der Waals surface area contributed by atoms with E-state index in [1.54, 1.807) is 4.90 Å². The van der Waals surface area contributed by atoms with Gasteiger partial charge in [-0.3, -0.25) is 4.79 Å². The van der Waals surface area contributed by atoms with Crippen LogP contribution in [0.15, 0.2) is 0 Å². The smallest absolute Gasteiger partial charge is 0.224 e. The molecule has 0 heterocycles. The van der Waals surface area contributed by atoms with E-state index < -0.39 is 0 Å². The summed E-state index contributed by atoms with van der Waals surface area (Å²) in [6.07, 6.45) is 2.54. The Kier molecular flexibility index (Phi) is 7.69. The zero-order valence-corrected chi connectivity index (χ0v) is 9.01. The standard InChI is InChI=1S/C10H21NO2/c1-4-7-11(3)10(12)6-9-13-8-5-2/h4-9H2,1-3H3. The van der Waals surface area contributed by atoms with E-state index in [-0.39, 0.29) is 5.91 Å². The van der Waals surface area contributed by atoms with Crippen LogP contribution in [0, 0.1) is 0 Å². The molecule has 0 rings (SSSR count). The Morgan fingerprint density at radius 2 is 1.92 bits per heavy atom. The molecule has 0 fully saturated rings. The molecule has 78 valence electrons. The van der Waals surface area contributed by atoms with Gasteiger partial charge in [-0.05, 0) is 12.8 Å². The minimum atomic E-state index is 0.179. The quantitative estimate of drug-likeness (QED) is 0.567. The summed E-state index contributed by atoms with van der Waals surface area (Å²) < 4.78 is 5.23. The molecule has 0 saturated carbocycles. The van der Waals surface area contributed by atoms with Crippen molar-refractivity contribution in [1.29, 1.82) is 0 Å². The van der Waals surface area contributed by atoms with Gasteiger partial charge < -0.3 is 9.64 Å². The second-order valence-corrected chi connectivity index (χ2v) is 3.18. The molecule has 0 bridgehead atoms. The molecule has 0 radical (unpaired) electrons. The highest BCUT2D eigenvalue weighted by atomic mass is 16.5. The molecule has 0 aromatic carbocycles. The number of rotatable bonds is 7. The first-order valence-corrected chi connectivity index (χ1v) is 5.04. The van der Waals surface area contributed by atoms with Gasteiger partial charge in [-0.25, -0.2) is 0 Å². The molecule has 13 heavy (non-hydrogen) atoms. The summed E-state index contributed by atoms with van der Waals surface area (Å²) in [7, 11) is 1.84. The number of ether oxygens (including phenoxy) is 1. The minimum absolute atomic E-state index is 0.179. The number of nitrogens with zero attached hydrogens (tertiary/aromatic N) is 1. The lowest BCUT2D eigenvalue weighted by atomic mass is 10.3. The number of carbonyl (C=O) groups is 1. The van der Waals surface area contributed by atoms with Gasteiger partial charge in [-0.1, -0.05) is 13.8 Å². The summed E-state index contributed by atoms with van der Waals surface area (Å²) in [6, 6.07) is 0. The summed E-state index contributed by atoms with van der Waals surface area (Å²) in [6.45, 7) is 6.28. The van der Waals surface area contributed by atoms with Crippen LogP contribution in [0.1, 0.15) is 33.1 Å². The first kappa shape index (κ1) is 12.4. The van der Waals surface area contributed by atoms with Gasteiger partial charge >= 0.3 is 0 Å². The Balaban J connectivity index is 3.38. The second-order valence-electron chi connectivity index (χ2n) is 3.18. The average molecular weight is 187 g/mol. The molecular weight excluding hydrogens is 166 g/mol. The van der Waals surface area contributed by atoms with Crippen molar-refractivity contribution in [2.45, 2.75) is 33.1 Å². The van der Waals surface area contributed by atoms with Crippen molar-refractivity contribution in [1.82, 2.24) is 4.90 Å². The molecule has 0 spiro atoms. The van der Waals surface area contributed by atoms with E-state index in [9.17, 15) is 4.79 Å². The van der Waals surface area contributed by atoms with Crippen LogP contribution in [-0.2, 0) is 9.53 Å². The molecule has 0 aliphatic rings. The second kappa shape index (κ2) is 8.05. The Hall–Kier alpha value is -0.570. The van der Waals surface area contributed by atoms with Gasteiger partial charge in [0, 0.05) is 20.2 Å². The highest BCUT2D eigenvalue weighted by Crippen LogP contribution is 1.93. The Morgan fingerprint density at radius 1 is 1.23 bits per heavy atom. The van der Waals surface area contributed by atoms with Gasteiger partial charge in [-0.2, -0.15) is 0 Å². The molecule has 0 aromatic rings. The SMILES string of the molecule is CCCOCCC(=O)N(C)CCC. The van der Waals surface area contributed by atoms with E-state index in [0.717, 1.165) is 26.0 Å². The zero-order chi connectivity index (χ0) is 10.1. The maximum Gasteiger partial charge on any atom is 0.224 e. The third-order valence-corrected chi connectivity index (χ3v) is 1.79. The van der Waals surface area contributed by atoms with Gasteiger partial charge in [-0.15, -0.1) is 0 Å². The molecule has 0 aliphatic heterocycles. The maximum absolute atomic E-state index is 11.3. The fraction of sp³-hybridized carbons (Fsp3) is 0.900. The van der Waals surface area contributed by atoms with Crippen molar-refractivity contribution in [2.24, 2.45) is 0 Å². The Labute approximate surface area is 81.1 Å².